The van der Waals surface area contributed by atoms with Crippen molar-refractivity contribution in [2.24, 2.45) is 0 Å². The zero-order valence-electron chi connectivity index (χ0n) is 11.1. The molecular weight excluding hydrogens is 240 g/mol. The summed E-state index contributed by atoms with van der Waals surface area (Å²) in [4.78, 5) is 19.4. The van der Waals surface area contributed by atoms with Crippen molar-refractivity contribution in [3.8, 4) is 0 Å². The van der Waals surface area contributed by atoms with Crippen molar-refractivity contribution in [3.05, 3.63) is 47.5 Å². The van der Waals surface area contributed by atoms with E-state index in [2.05, 4.69) is 15.3 Å². The number of aromatic nitrogens is 2. The smallest absolute Gasteiger partial charge is 0.253 e. The minimum absolute atomic E-state index is 0.137. The number of nitrogens with zero attached hydrogens (tertiary/aromatic N) is 1. The molecule has 0 saturated heterocycles. The lowest BCUT2D eigenvalue weighted by molar-refractivity contribution is 0.0934. The van der Waals surface area contributed by atoms with Gasteiger partial charge in [-0.05, 0) is 25.0 Å². The van der Waals surface area contributed by atoms with Crippen molar-refractivity contribution in [1.82, 2.24) is 15.3 Å². The van der Waals surface area contributed by atoms with Gasteiger partial charge in [0.05, 0.1) is 11.6 Å². The fraction of sp³-hybridized carbons (Fsp3) is 0.286. The number of nitrogen functional groups attached to an aromatic ring is 1. The molecule has 2 rings (SSSR count). The van der Waals surface area contributed by atoms with Gasteiger partial charge in [0.2, 0.25) is 0 Å². The van der Waals surface area contributed by atoms with Crippen molar-refractivity contribution in [2.45, 2.75) is 26.3 Å². The number of carbonyl (C=O) groups excluding carboxylic acids is 1. The van der Waals surface area contributed by atoms with Crippen LogP contribution in [0.3, 0.4) is 0 Å². The second-order valence-electron chi connectivity index (χ2n) is 4.44. The van der Waals surface area contributed by atoms with Crippen molar-refractivity contribution in [2.75, 3.05) is 5.73 Å². The number of nitrogens with two attached hydrogens (primary N) is 1. The summed E-state index contributed by atoms with van der Waals surface area (Å²) in [5.74, 6) is 0.575. The van der Waals surface area contributed by atoms with Crippen molar-refractivity contribution in [3.63, 3.8) is 0 Å². The largest absolute Gasteiger partial charge is 0.398 e. The predicted molar refractivity (Wildman–Crippen MR) is 74.7 cm³/mol. The third-order valence-corrected chi connectivity index (χ3v) is 3.13. The fourth-order valence-corrected chi connectivity index (χ4v) is 1.95. The van der Waals surface area contributed by atoms with Gasteiger partial charge < -0.3 is 16.0 Å². The number of rotatable bonds is 4. The first-order chi connectivity index (χ1) is 9.13. The van der Waals surface area contributed by atoms with Gasteiger partial charge in [0.1, 0.15) is 5.82 Å². The number of imidazole rings is 1. The Morgan fingerprint density at radius 3 is 2.95 bits per heavy atom. The first-order valence-corrected chi connectivity index (χ1v) is 6.28. The third kappa shape index (κ3) is 2.76. The summed E-state index contributed by atoms with van der Waals surface area (Å²) in [5.41, 5.74) is 7.86. The molecule has 1 aromatic heterocycles. The summed E-state index contributed by atoms with van der Waals surface area (Å²) < 4.78 is 0. The third-order valence-electron chi connectivity index (χ3n) is 3.13. The van der Waals surface area contributed by atoms with Gasteiger partial charge in [0.25, 0.3) is 5.91 Å². The van der Waals surface area contributed by atoms with E-state index >= 15 is 0 Å². The van der Waals surface area contributed by atoms with E-state index in [1.54, 1.807) is 18.5 Å². The highest BCUT2D eigenvalue weighted by Gasteiger charge is 2.17. The number of anilines is 1. The average molecular weight is 258 g/mol. The molecule has 5 heteroatoms. The molecule has 4 N–H and O–H groups in total. The van der Waals surface area contributed by atoms with Gasteiger partial charge >= 0.3 is 0 Å². The molecule has 0 aliphatic heterocycles. The summed E-state index contributed by atoms with van der Waals surface area (Å²) in [6.07, 6.45) is 4.17. The van der Waals surface area contributed by atoms with Crippen LogP contribution in [0.5, 0.6) is 0 Å². The average Bonchev–Trinajstić information content (AvgIpc) is 2.92. The molecule has 0 saturated carbocycles. The van der Waals surface area contributed by atoms with E-state index in [0.717, 1.165) is 17.8 Å². The molecule has 1 aromatic carbocycles. The topological polar surface area (TPSA) is 83.8 Å². The minimum Gasteiger partial charge on any atom is -0.398 e. The molecule has 5 nitrogen and oxygen atoms in total. The molecule has 1 heterocycles. The lowest BCUT2D eigenvalue weighted by Crippen LogP contribution is -2.29. The van der Waals surface area contributed by atoms with Crippen LogP contribution in [0, 0.1) is 6.92 Å². The van der Waals surface area contributed by atoms with Crippen LogP contribution < -0.4 is 11.1 Å². The molecule has 1 amide bonds. The first kappa shape index (κ1) is 13.1. The van der Waals surface area contributed by atoms with E-state index in [1.165, 1.54) is 0 Å². The van der Waals surface area contributed by atoms with Crippen molar-refractivity contribution >= 4 is 11.6 Å². The van der Waals surface area contributed by atoms with E-state index in [4.69, 9.17) is 5.73 Å². The number of amides is 1. The molecule has 0 fully saturated rings. The maximum absolute atomic E-state index is 12.2. The van der Waals surface area contributed by atoms with Crippen LogP contribution in [-0.2, 0) is 0 Å². The van der Waals surface area contributed by atoms with Crippen LogP contribution in [0.2, 0.25) is 0 Å². The Kier molecular flexibility index (Phi) is 3.85. The molecule has 0 radical (unpaired) electrons. The van der Waals surface area contributed by atoms with Crippen LogP contribution in [0.25, 0.3) is 0 Å². The van der Waals surface area contributed by atoms with E-state index in [9.17, 15) is 4.79 Å². The van der Waals surface area contributed by atoms with Crippen LogP contribution in [0.4, 0.5) is 5.69 Å². The summed E-state index contributed by atoms with van der Waals surface area (Å²) in [7, 11) is 0. The number of hydrogen-bond donors (Lipinski definition) is 3. The Hall–Kier alpha value is -2.30. The molecule has 0 bridgehead atoms. The Bertz CT molecular complexity index is 563. The van der Waals surface area contributed by atoms with Gasteiger partial charge in [0.15, 0.2) is 0 Å². The number of hydrogen-bond acceptors (Lipinski definition) is 3. The zero-order chi connectivity index (χ0) is 13.8. The number of aryl methyl sites for hydroxylation is 1. The van der Waals surface area contributed by atoms with Crippen molar-refractivity contribution in [1.29, 1.82) is 0 Å². The van der Waals surface area contributed by atoms with E-state index < -0.39 is 0 Å². The maximum Gasteiger partial charge on any atom is 0.253 e. The number of aromatic amines is 1. The number of benzene rings is 1. The molecule has 0 spiro atoms. The Morgan fingerprint density at radius 1 is 1.53 bits per heavy atom. The fourth-order valence-electron chi connectivity index (χ4n) is 1.95. The van der Waals surface area contributed by atoms with Crippen LogP contribution in [0.1, 0.15) is 41.1 Å². The van der Waals surface area contributed by atoms with Gasteiger partial charge in [-0.1, -0.05) is 19.1 Å². The standard InChI is InChI=1S/C14H18N4O/c1-3-11(13-16-7-8-17-13)18-14(19)10-6-4-5-9(2)12(10)15/h4-8,11H,3,15H2,1-2H3,(H,16,17)(H,18,19). The van der Waals surface area contributed by atoms with E-state index in [-0.39, 0.29) is 11.9 Å². The predicted octanol–water partition coefficient (Wildman–Crippen LogP) is 2.18. The second kappa shape index (κ2) is 5.56. The maximum atomic E-state index is 12.2. The van der Waals surface area contributed by atoms with Gasteiger partial charge in [-0.15, -0.1) is 0 Å². The van der Waals surface area contributed by atoms with E-state index in [0.29, 0.717) is 11.3 Å². The summed E-state index contributed by atoms with van der Waals surface area (Å²) in [6, 6.07) is 5.30. The molecule has 1 unspecified atom stereocenters. The number of H-pyrrole nitrogens is 1. The SMILES string of the molecule is CCC(NC(=O)c1cccc(C)c1N)c1ncc[nH]1. The Morgan fingerprint density at radius 2 is 2.32 bits per heavy atom. The highest BCUT2D eigenvalue weighted by molar-refractivity contribution is 5.99. The van der Waals surface area contributed by atoms with Gasteiger partial charge in [-0.2, -0.15) is 0 Å². The number of carbonyl (C=O) groups is 1. The van der Waals surface area contributed by atoms with Crippen LogP contribution >= 0.6 is 0 Å². The molecule has 19 heavy (non-hydrogen) atoms. The number of nitrogens with one attached hydrogen (secondary N) is 2. The Balaban J connectivity index is 2.18. The van der Waals surface area contributed by atoms with Crippen molar-refractivity contribution < 1.29 is 4.79 Å². The van der Waals surface area contributed by atoms with Gasteiger partial charge in [0, 0.05) is 18.1 Å². The van der Waals surface area contributed by atoms with Crippen LogP contribution in [-0.4, -0.2) is 15.9 Å². The van der Waals surface area contributed by atoms with Gasteiger partial charge in [-0.25, -0.2) is 4.98 Å². The van der Waals surface area contributed by atoms with E-state index in [1.807, 2.05) is 26.0 Å². The molecule has 0 aliphatic rings. The number of para-hydroxylation sites is 1. The summed E-state index contributed by atoms with van der Waals surface area (Å²) >= 11 is 0. The quantitative estimate of drug-likeness (QED) is 0.735. The highest BCUT2D eigenvalue weighted by atomic mass is 16.1. The minimum atomic E-state index is -0.176. The van der Waals surface area contributed by atoms with Gasteiger partial charge in [-0.3, -0.25) is 4.79 Å². The summed E-state index contributed by atoms with van der Waals surface area (Å²) in [5, 5.41) is 2.94. The normalized spacial score (nSPS) is 12.1. The molecule has 0 aliphatic carbocycles. The van der Waals surface area contributed by atoms with Crippen LogP contribution in [0.15, 0.2) is 30.6 Å². The lowest BCUT2D eigenvalue weighted by Gasteiger charge is -2.16. The Labute approximate surface area is 112 Å². The zero-order valence-corrected chi connectivity index (χ0v) is 11.1. The highest BCUT2D eigenvalue weighted by Crippen LogP contribution is 2.18. The summed E-state index contributed by atoms with van der Waals surface area (Å²) in [6.45, 7) is 3.88. The molecule has 2 aromatic rings. The molecule has 1 atom stereocenters. The second-order valence-corrected chi connectivity index (χ2v) is 4.44. The monoisotopic (exact) mass is 258 g/mol. The first-order valence-electron chi connectivity index (χ1n) is 6.28. The molecule has 100 valence electrons. The molecular formula is C14H18N4O. The lowest BCUT2D eigenvalue weighted by atomic mass is 10.1.